The van der Waals surface area contributed by atoms with Crippen molar-refractivity contribution in [2.24, 2.45) is 0 Å². The number of allylic oxidation sites excluding steroid dienone is 1. The van der Waals surface area contributed by atoms with E-state index in [9.17, 15) is 0 Å². The maximum Gasteiger partial charge on any atom is 0.0159 e. The summed E-state index contributed by atoms with van der Waals surface area (Å²) in [6, 6.07) is 0. The Hall–Kier alpha value is 0.0900. The molecule has 0 N–H and O–H groups in total. The average Bonchev–Trinajstić information content (AvgIpc) is 1.38. The van der Waals surface area contributed by atoms with Gasteiger partial charge in [-0.25, -0.2) is 0 Å². The molecule has 1 heteroatoms. The zero-order valence-corrected chi connectivity index (χ0v) is 4.34. The first-order chi connectivity index (χ1) is 2.27. The Morgan fingerprint density at radius 1 is 1.60 bits per heavy atom. The van der Waals surface area contributed by atoms with E-state index in [1.807, 2.05) is 13.8 Å². The van der Waals surface area contributed by atoms with Crippen molar-refractivity contribution in [2.45, 2.75) is 13.8 Å². The van der Waals surface area contributed by atoms with Crippen LogP contribution in [-0.2, 0) is 0 Å². The largest absolute Gasteiger partial charge is 0.142 e. The van der Waals surface area contributed by atoms with E-state index in [1.54, 1.807) is 0 Å². The van der Waals surface area contributed by atoms with Crippen LogP contribution in [0.3, 0.4) is 0 Å². The number of thiol groups is 1. The summed E-state index contributed by atoms with van der Waals surface area (Å²) in [7, 11) is 0. The Kier molecular flexibility index (Phi) is 2.38. The fourth-order valence-corrected chi connectivity index (χ4v) is 0. The normalized spacial score (nSPS) is 7.00. The molecule has 0 aliphatic carbocycles. The van der Waals surface area contributed by atoms with Crippen LogP contribution in [0.1, 0.15) is 13.8 Å². The van der Waals surface area contributed by atoms with Crippen molar-refractivity contribution in [3.8, 4) is 0 Å². The average molecular weight is 87.2 g/mol. The van der Waals surface area contributed by atoms with Crippen LogP contribution >= 0.6 is 12.6 Å². The zero-order valence-electron chi connectivity index (χ0n) is 3.45. The number of hydrogen-bond donors (Lipinski definition) is 1. The van der Waals surface area contributed by atoms with Crippen molar-refractivity contribution in [2.75, 3.05) is 0 Å². The molecule has 0 saturated carbocycles. The summed E-state index contributed by atoms with van der Waals surface area (Å²) in [6.07, 6.45) is 0. The van der Waals surface area contributed by atoms with Gasteiger partial charge >= 0.3 is 0 Å². The van der Waals surface area contributed by atoms with Crippen molar-refractivity contribution in [1.29, 1.82) is 0 Å². The predicted octanol–water partition coefficient (Wildman–Crippen LogP) is 1.64. The van der Waals surface area contributed by atoms with Crippen LogP contribution in [-0.4, -0.2) is 0 Å². The van der Waals surface area contributed by atoms with E-state index in [2.05, 4.69) is 18.0 Å². The highest BCUT2D eigenvalue weighted by atomic mass is 32.1. The Morgan fingerprint density at radius 3 is 1.80 bits per heavy atom. The SMILES string of the molecule is CC(C)=[C]S. The lowest BCUT2D eigenvalue weighted by molar-refractivity contribution is 1.40. The van der Waals surface area contributed by atoms with Crippen LogP contribution in [0.4, 0.5) is 0 Å². The lowest BCUT2D eigenvalue weighted by atomic mass is 10.4. The summed E-state index contributed by atoms with van der Waals surface area (Å²) in [5, 5.41) is 2.64. The van der Waals surface area contributed by atoms with E-state index in [-0.39, 0.29) is 0 Å². The van der Waals surface area contributed by atoms with E-state index in [0.717, 1.165) is 5.57 Å². The lowest BCUT2D eigenvalue weighted by Gasteiger charge is -1.71. The van der Waals surface area contributed by atoms with Gasteiger partial charge in [-0.3, -0.25) is 0 Å². The van der Waals surface area contributed by atoms with Crippen molar-refractivity contribution in [3.05, 3.63) is 11.0 Å². The first-order valence-corrected chi connectivity index (χ1v) is 1.92. The molecule has 0 spiro atoms. The molecule has 0 nitrogen and oxygen atoms in total. The summed E-state index contributed by atoms with van der Waals surface area (Å²) >= 11 is 3.73. The van der Waals surface area contributed by atoms with Gasteiger partial charge in [-0.05, 0) is 13.8 Å². The van der Waals surface area contributed by atoms with Gasteiger partial charge in [0.15, 0.2) is 0 Å². The molecule has 0 unspecified atom stereocenters. The number of hydrogen-bond acceptors (Lipinski definition) is 1. The molecule has 0 aliphatic rings. The highest BCUT2D eigenvalue weighted by Crippen LogP contribution is 1.86. The first-order valence-electron chi connectivity index (χ1n) is 1.47. The smallest absolute Gasteiger partial charge is 0.0159 e. The molecular formula is C4H7S. The number of rotatable bonds is 0. The standard InChI is InChI=1S/C4H7S/c1-4(2)3-5/h5H,1-2H3. The monoisotopic (exact) mass is 87.0 g/mol. The van der Waals surface area contributed by atoms with Gasteiger partial charge in [-0.1, -0.05) is 5.57 Å². The first kappa shape index (κ1) is 5.09. The van der Waals surface area contributed by atoms with Gasteiger partial charge in [0, 0.05) is 5.41 Å². The van der Waals surface area contributed by atoms with Crippen LogP contribution in [0.25, 0.3) is 0 Å². The molecule has 0 atom stereocenters. The predicted molar refractivity (Wildman–Crippen MR) is 27.1 cm³/mol. The van der Waals surface area contributed by atoms with Crippen LogP contribution in [0, 0.1) is 5.41 Å². The van der Waals surface area contributed by atoms with E-state index in [4.69, 9.17) is 0 Å². The molecule has 0 aromatic carbocycles. The maximum atomic E-state index is 3.73. The van der Waals surface area contributed by atoms with Gasteiger partial charge in [0.2, 0.25) is 0 Å². The van der Waals surface area contributed by atoms with Crippen LogP contribution in [0.2, 0.25) is 0 Å². The Labute approximate surface area is 38.3 Å². The Balaban J connectivity index is 3.14. The lowest BCUT2D eigenvalue weighted by Crippen LogP contribution is -1.50. The van der Waals surface area contributed by atoms with Crippen LogP contribution in [0.15, 0.2) is 5.57 Å². The van der Waals surface area contributed by atoms with E-state index in [1.165, 1.54) is 0 Å². The molecule has 0 saturated heterocycles. The third-order valence-electron chi connectivity index (χ3n) is 0.224. The van der Waals surface area contributed by atoms with Crippen LogP contribution in [0.5, 0.6) is 0 Å². The molecule has 0 aromatic heterocycles. The van der Waals surface area contributed by atoms with Crippen molar-refractivity contribution >= 4 is 12.6 Å². The van der Waals surface area contributed by atoms with Gasteiger partial charge < -0.3 is 0 Å². The van der Waals surface area contributed by atoms with Crippen LogP contribution < -0.4 is 0 Å². The van der Waals surface area contributed by atoms with Crippen molar-refractivity contribution in [1.82, 2.24) is 0 Å². The fourth-order valence-electron chi connectivity index (χ4n) is 0. The van der Waals surface area contributed by atoms with Gasteiger partial charge in [0.25, 0.3) is 0 Å². The third kappa shape index (κ3) is 4.09. The molecule has 0 heterocycles. The molecule has 0 aromatic rings. The van der Waals surface area contributed by atoms with E-state index in [0.29, 0.717) is 0 Å². The molecule has 29 valence electrons. The summed E-state index contributed by atoms with van der Waals surface area (Å²) in [5.41, 5.74) is 1.12. The minimum absolute atomic E-state index is 1.12. The molecule has 0 amide bonds. The molecule has 0 fully saturated rings. The minimum atomic E-state index is 1.12. The Morgan fingerprint density at radius 2 is 1.80 bits per heavy atom. The van der Waals surface area contributed by atoms with E-state index >= 15 is 0 Å². The zero-order chi connectivity index (χ0) is 4.28. The van der Waals surface area contributed by atoms with Gasteiger partial charge in [-0.15, -0.1) is 12.6 Å². The topological polar surface area (TPSA) is 0 Å². The fraction of sp³-hybridized carbons (Fsp3) is 0.500. The summed E-state index contributed by atoms with van der Waals surface area (Å²) in [6.45, 7) is 3.90. The third-order valence-corrected chi connectivity index (χ3v) is 0.671. The summed E-state index contributed by atoms with van der Waals surface area (Å²) in [4.78, 5) is 0. The second-order valence-electron chi connectivity index (χ2n) is 1.11. The molecule has 0 rings (SSSR count). The molecule has 1 radical (unpaired) electrons. The minimum Gasteiger partial charge on any atom is -0.142 e. The summed E-state index contributed by atoms with van der Waals surface area (Å²) in [5.74, 6) is 0. The highest BCUT2D eigenvalue weighted by Gasteiger charge is 1.62. The molecule has 0 bridgehead atoms. The summed E-state index contributed by atoms with van der Waals surface area (Å²) < 4.78 is 0. The molecular weight excluding hydrogens is 80.1 g/mol. The Bertz CT molecular complexity index is 41.6. The molecule has 0 aliphatic heterocycles. The van der Waals surface area contributed by atoms with Crippen molar-refractivity contribution in [3.63, 3.8) is 0 Å². The van der Waals surface area contributed by atoms with Gasteiger partial charge in [-0.2, -0.15) is 0 Å². The maximum absolute atomic E-state index is 3.73. The van der Waals surface area contributed by atoms with Crippen molar-refractivity contribution < 1.29 is 0 Å². The van der Waals surface area contributed by atoms with Gasteiger partial charge in [0.05, 0.1) is 0 Å². The van der Waals surface area contributed by atoms with Gasteiger partial charge in [0.1, 0.15) is 0 Å². The highest BCUT2D eigenvalue weighted by molar-refractivity contribution is 7.82. The van der Waals surface area contributed by atoms with E-state index < -0.39 is 0 Å². The quantitative estimate of drug-likeness (QED) is 0.427. The second kappa shape index (κ2) is 2.33. The molecule has 5 heavy (non-hydrogen) atoms. The second-order valence-corrected chi connectivity index (χ2v) is 1.34.